The predicted molar refractivity (Wildman–Crippen MR) is 105 cm³/mol. The number of carbonyl (C=O) groups excluding carboxylic acids is 1. The van der Waals surface area contributed by atoms with Crippen LogP contribution in [-0.4, -0.2) is 26.6 Å². The summed E-state index contributed by atoms with van der Waals surface area (Å²) in [6.07, 6.45) is 4.60. The second-order valence-corrected chi connectivity index (χ2v) is 6.49. The van der Waals surface area contributed by atoms with E-state index in [4.69, 9.17) is 16.7 Å². The van der Waals surface area contributed by atoms with Gasteiger partial charge in [-0.2, -0.15) is 5.10 Å². The molecule has 3 rings (SSSR count). The topological polar surface area (TPSA) is 72.2 Å². The molecule has 1 N–H and O–H groups in total. The van der Waals surface area contributed by atoms with Crippen LogP contribution in [0.3, 0.4) is 0 Å². The number of halogens is 2. The first-order valence-corrected chi connectivity index (χ1v) is 8.83. The predicted octanol–water partition coefficient (Wildman–Crippen LogP) is 4.71. The fraction of sp³-hybridized carbons (Fsp3) is 0.0952. The average Bonchev–Trinajstić information content (AvgIpc) is 3.09. The Labute approximate surface area is 165 Å². The summed E-state index contributed by atoms with van der Waals surface area (Å²) in [4.78, 5) is 23.1. The van der Waals surface area contributed by atoms with Crippen molar-refractivity contribution in [1.82, 2.24) is 9.78 Å². The maximum atomic E-state index is 13.0. The van der Waals surface area contributed by atoms with Crippen molar-refractivity contribution >= 4 is 29.4 Å². The normalized spacial score (nSPS) is 11.1. The zero-order valence-corrected chi connectivity index (χ0v) is 15.4. The van der Waals surface area contributed by atoms with Crippen molar-refractivity contribution in [2.75, 3.05) is 0 Å². The van der Waals surface area contributed by atoms with Crippen LogP contribution in [-0.2, 0) is 11.3 Å². The van der Waals surface area contributed by atoms with Gasteiger partial charge in [-0.15, -0.1) is 0 Å². The van der Waals surface area contributed by atoms with Crippen LogP contribution in [0.2, 0.25) is 5.02 Å². The second kappa shape index (κ2) is 8.63. The average molecular weight is 399 g/mol. The largest absolute Gasteiger partial charge is 0.481 e. The van der Waals surface area contributed by atoms with E-state index in [1.165, 1.54) is 35.0 Å². The van der Waals surface area contributed by atoms with Crippen LogP contribution in [0.25, 0.3) is 17.3 Å². The summed E-state index contributed by atoms with van der Waals surface area (Å²) in [6, 6.07) is 12.3. The van der Waals surface area contributed by atoms with Crippen molar-refractivity contribution in [3.63, 3.8) is 0 Å². The number of hydrogen-bond acceptors (Lipinski definition) is 3. The van der Waals surface area contributed by atoms with Crippen LogP contribution >= 0.6 is 11.6 Å². The molecule has 0 amide bonds. The Kier molecular flexibility index (Phi) is 6.01. The van der Waals surface area contributed by atoms with Gasteiger partial charge < -0.3 is 5.11 Å². The molecule has 0 bridgehead atoms. The number of carboxylic acids is 1. The molecular weight excluding hydrogens is 383 g/mol. The number of allylic oxidation sites excluding steroid dienone is 1. The fourth-order valence-corrected chi connectivity index (χ4v) is 2.72. The van der Waals surface area contributed by atoms with E-state index in [1.807, 2.05) is 0 Å². The van der Waals surface area contributed by atoms with Crippen molar-refractivity contribution in [3.05, 3.63) is 82.8 Å². The summed E-state index contributed by atoms with van der Waals surface area (Å²) < 4.78 is 14.5. The first-order valence-electron chi connectivity index (χ1n) is 8.45. The van der Waals surface area contributed by atoms with Gasteiger partial charge in [0, 0.05) is 27.9 Å². The molecule has 0 atom stereocenters. The Morgan fingerprint density at radius 1 is 1.11 bits per heavy atom. The van der Waals surface area contributed by atoms with Gasteiger partial charge in [-0.05, 0) is 48.6 Å². The maximum Gasteiger partial charge on any atom is 0.305 e. The van der Waals surface area contributed by atoms with Gasteiger partial charge in [0.15, 0.2) is 5.78 Å². The molecular formula is C21H16ClFN2O3. The first-order chi connectivity index (χ1) is 13.4. The Morgan fingerprint density at radius 2 is 1.79 bits per heavy atom. The summed E-state index contributed by atoms with van der Waals surface area (Å²) in [7, 11) is 0. The standard InChI is InChI=1S/C21H16ClFN2O3/c22-17-6-1-15(2-7-17)21-16(13-25(24-21)12-11-20(27)28)5-10-19(26)14-3-8-18(23)9-4-14/h1-10,13H,11-12H2,(H,27,28). The molecule has 5 nitrogen and oxygen atoms in total. The van der Waals surface area contributed by atoms with Gasteiger partial charge in [0.2, 0.25) is 0 Å². The van der Waals surface area contributed by atoms with Gasteiger partial charge in [0.1, 0.15) is 5.82 Å². The van der Waals surface area contributed by atoms with Gasteiger partial charge in [-0.1, -0.05) is 23.7 Å². The van der Waals surface area contributed by atoms with Crippen LogP contribution in [0.15, 0.2) is 60.8 Å². The molecule has 0 aliphatic carbocycles. The number of aliphatic carboxylic acids is 1. The van der Waals surface area contributed by atoms with E-state index in [0.29, 0.717) is 21.8 Å². The smallest absolute Gasteiger partial charge is 0.305 e. The Morgan fingerprint density at radius 3 is 2.43 bits per heavy atom. The van der Waals surface area contributed by atoms with Crippen LogP contribution in [0, 0.1) is 5.82 Å². The fourth-order valence-electron chi connectivity index (χ4n) is 2.59. The molecule has 7 heteroatoms. The number of carbonyl (C=O) groups is 2. The molecule has 2 aromatic carbocycles. The van der Waals surface area contributed by atoms with Gasteiger partial charge >= 0.3 is 5.97 Å². The summed E-state index contributed by atoms with van der Waals surface area (Å²) in [6.45, 7) is 0.204. The highest BCUT2D eigenvalue weighted by Crippen LogP contribution is 2.25. The Balaban J connectivity index is 1.90. The van der Waals surface area contributed by atoms with Crippen molar-refractivity contribution in [2.45, 2.75) is 13.0 Å². The Bertz CT molecular complexity index is 1020. The lowest BCUT2D eigenvalue weighted by atomic mass is 10.1. The van der Waals surface area contributed by atoms with E-state index < -0.39 is 11.8 Å². The molecule has 0 saturated heterocycles. The monoisotopic (exact) mass is 398 g/mol. The number of carboxylic acid groups (broad SMARTS) is 1. The molecule has 0 fully saturated rings. The molecule has 0 unspecified atom stereocenters. The minimum absolute atomic E-state index is 0.0700. The summed E-state index contributed by atoms with van der Waals surface area (Å²) in [5, 5.41) is 13.9. The third-order valence-corrected chi connectivity index (χ3v) is 4.26. The lowest BCUT2D eigenvalue weighted by molar-refractivity contribution is -0.137. The molecule has 0 aliphatic rings. The third kappa shape index (κ3) is 4.92. The van der Waals surface area contributed by atoms with E-state index in [0.717, 1.165) is 5.56 Å². The van der Waals surface area contributed by atoms with Crippen LogP contribution < -0.4 is 0 Å². The van der Waals surface area contributed by atoms with E-state index >= 15 is 0 Å². The van der Waals surface area contributed by atoms with Crippen molar-refractivity contribution < 1.29 is 19.1 Å². The van der Waals surface area contributed by atoms with Gasteiger partial charge in [-0.3, -0.25) is 14.3 Å². The molecule has 142 valence electrons. The number of rotatable bonds is 7. The number of benzene rings is 2. The minimum atomic E-state index is -0.924. The summed E-state index contributed by atoms with van der Waals surface area (Å²) in [5.41, 5.74) is 2.41. The van der Waals surface area contributed by atoms with E-state index in [-0.39, 0.29) is 18.7 Å². The van der Waals surface area contributed by atoms with Crippen LogP contribution in [0.1, 0.15) is 22.3 Å². The van der Waals surface area contributed by atoms with E-state index in [9.17, 15) is 14.0 Å². The van der Waals surface area contributed by atoms with Crippen molar-refractivity contribution in [2.24, 2.45) is 0 Å². The lowest BCUT2D eigenvalue weighted by Crippen LogP contribution is -2.04. The number of aromatic nitrogens is 2. The lowest BCUT2D eigenvalue weighted by Gasteiger charge is -2.00. The first kappa shape index (κ1) is 19.5. The van der Waals surface area contributed by atoms with Gasteiger partial charge in [0.05, 0.1) is 18.7 Å². The highest BCUT2D eigenvalue weighted by molar-refractivity contribution is 6.30. The third-order valence-electron chi connectivity index (χ3n) is 4.01. The molecule has 1 aromatic heterocycles. The van der Waals surface area contributed by atoms with E-state index in [2.05, 4.69) is 5.10 Å². The molecule has 3 aromatic rings. The summed E-state index contributed by atoms with van der Waals surface area (Å²) >= 11 is 5.93. The van der Waals surface area contributed by atoms with Gasteiger partial charge in [-0.25, -0.2) is 4.39 Å². The molecule has 0 spiro atoms. The van der Waals surface area contributed by atoms with E-state index in [1.54, 1.807) is 36.5 Å². The zero-order valence-electron chi connectivity index (χ0n) is 14.7. The number of nitrogens with zero attached hydrogens (tertiary/aromatic N) is 2. The quantitative estimate of drug-likeness (QED) is 0.462. The zero-order chi connectivity index (χ0) is 20.1. The number of ketones is 1. The highest BCUT2D eigenvalue weighted by atomic mass is 35.5. The van der Waals surface area contributed by atoms with Crippen molar-refractivity contribution in [3.8, 4) is 11.3 Å². The van der Waals surface area contributed by atoms with Gasteiger partial charge in [0.25, 0.3) is 0 Å². The SMILES string of the molecule is O=C(O)CCn1cc(C=CC(=O)c2ccc(F)cc2)c(-c2ccc(Cl)cc2)n1. The number of aryl methyl sites for hydroxylation is 1. The Hall–Kier alpha value is -3.25. The molecule has 0 saturated carbocycles. The number of hydrogen-bond donors (Lipinski definition) is 1. The molecule has 28 heavy (non-hydrogen) atoms. The maximum absolute atomic E-state index is 13.0. The highest BCUT2D eigenvalue weighted by Gasteiger charge is 2.11. The molecule has 1 heterocycles. The van der Waals surface area contributed by atoms with Crippen LogP contribution in [0.4, 0.5) is 4.39 Å². The summed E-state index contributed by atoms with van der Waals surface area (Å²) in [5.74, 6) is -1.61. The van der Waals surface area contributed by atoms with Crippen molar-refractivity contribution in [1.29, 1.82) is 0 Å². The molecule has 0 aliphatic heterocycles. The minimum Gasteiger partial charge on any atom is -0.481 e. The second-order valence-electron chi connectivity index (χ2n) is 6.05. The molecule has 0 radical (unpaired) electrons. The van der Waals surface area contributed by atoms with Crippen LogP contribution in [0.5, 0.6) is 0 Å².